The molecule has 1 N–H and O–H groups in total. The third-order valence-corrected chi connectivity index (χ3v) is 3.67. The Bertz CT molecular complexity index is 985. The number of hydrogen-bond acceptors (Lipinski definition) is 2. The summed E-state index contributed by atoms with van der Waals surface area (Å²) in [7, 11) is 0. The van der Waals surface area contributed by atoms with E-state index in [2.05, 4.69) is 9.97 Å². The Morgan fingerprint density at radius 2 is 1.50 bits per heavy atom. The lowest BCUT2D eigenvalue weighted by Gasteiger charge is -2.12. The first-order valence-electron chi connectivity index (χ1n) is 7.05. The summed E-state index contributed by atoms with van der Waals surface area (Å²) in [6, 6.07) is 19.8. The summed E-state index contributed by atoms with van der Waals surface area (Å²) >= 11 is 0. The Balaban J connectivity index is 2.14. The number of H-pyrrole nitrogens is 1. The van der Waals surface area contributed by atoms with Crippen LogP contribution in [0.3, 0.4) is 0 Å². The van der Waals surface area contributed by atoms with Crippen molar-refractivity contribution in [2.45, 2.75) is 0 Å². The zero-order valence-electron chi connectivity index (χ0n) is 11.7. The molecular weight excluding hydrogens is 274 g/mol. The highest BCUT2D eigenvalue weighted by Crippen LogP contribution is 2.29. The van der Waals surface area contributed by atoms with Gasteiger partial charge in [-0.15, -0.1) is 0 Å². The zero-order valence-corrected chi connectivity index (χ0v) is 11.7. The fraction of sp³-hybridized carbons (Fsp3) is 0. The van der Waals surface area contributed by atoms with Gasteiger partial charge in [0.1, 0.15) is 0 Å². The average Bonchev–Trinajstić information content (AvgIpc) is 3.06. The van der Waals surface area contributed by atoms with Crippen molar-refractivity contribution in [1.29, 1.82) is 0 Å². The molecule has 0 fully saturated rings. The van der Waals surface area contributed by atoms with Gasteiger partial charge < -0.3 is 4.98 Å². The van der Waals surface area contributed by atoms with E-state index >= 15 is 0 Å². The SMILES string of the molecule is O=c1[nH]c(-c2ccccc2)c(-c2ccccc2)n2ccnc12. The number of imidazole rings is 1. The Labute approximate surface area is 126 Å². The van der Waals surface area contributed by atoms with Gasteiger partial charge in [0, 0.05) is 23.5 Å². The van der Waals surface area contributed by atoms with Gasteiger partial charge in [0.15, 0.2) is 0 Å². The minimum atomic E-state index is -0.191. The Hall–Kier alpha value is -3.14. The number of benzene rings is 2. The van der Waals surface area contributed by atoms with Crippen LogP contribution >= 0.6 is 0 Å². The van der Waals surface area contributed by atoms with Gasteiger partial charge in [0.25, 0.3) is 5.56 Å². The second-order valence-electron chi connectivity index (χ2n) is 5.03. The summed E-state index contributed by atoms with van der Waals surface area (Å²) < 4.78 is 1.84. The number of rotatable bonds is 2. The molecule has 4 nitrogen and oxygen atoms in total. The molecule has 0 unspecified atom stereocenters. The maximum Gasteiger partial charge on any atom is 0.292 e. The smallest absolute Gasteiger partial charge is 0.292 e. The van der Waals surface area contributed by atoms with E-state index in [9.17, 15) is 4.79 Å². The average molecular weight is 287 g/mol. The van der Waals surface area contributed by atoms with Gasteiger partial charge >= 0.3 is 0 Å². The summed E-state index contributed by atoms with van der Waals surface area (Å²) in [5.74, 6) is 0. The number of aromatic nitrogens is 3. The maximum absolute atomic E-state index is 12.3. The Morgan fingerprint density at radius 1 is 0.864 bits per heavy atom. The minimum Gasteiger partial charge on any atom is -0.317 e. The Morgan fingerprint density at radius 3 is 2.18 bits per heavy atom. The topological polar surface area (TPSA) is 50.2 Å². The molecule has 2 heterocycles. The fourth-order valence-corrected chi connectivity index (χ4v) is 2.69. The van der Waals surface area contributed by atoms with Crippen molar-refractivity contribution in [2.24, 2.45) is 0 Å². The predicted octanol–water partition coefficient (Wildman–Crippen LogP) is 3.36. The van der Waals surface area contributed by atoms with E-state index in [1.54, 1.807) is 6.20 Å². The third-order valence-electron chi connectivity index (χ3n) is 3.67. The zero-order chi connectivity index (χ0) is 14.9. The van der Waals surface area contributed by atoms with Gasteiger partial charge in [-0.25, -0.2) is 4.98 Å². The molecule has 0 atom stereocenters. The highest BCUT2D eigenvalue weighted by Gasteiger charge is 2.14. The van der Waals surface area contributed by atoms with Crippen LogP contribution in [0.4, 0.5) is 0 Å². The molecule has 0 aliphatic carbocycles. The predicted molar refractivity (Wildman–Crippen MR) is 86.7 cm³/mol. The van der Waals surface area contributed by atoms with Crippen LogP contribution in [-0.4, -0.2) is 14.4 Å². The summed E-state index contributed by atoms with van der Waals surface area (Å²) in [5.41, 5.74) is 3.93. The molecule has 0 amide bonds. The summed E-state index contributed by atoms with van der Waals surface area (Å²) in [4.78, 5) is 19.4. The first kappa shape index (κ1) is 12.6. The molecule has 0 bridgehead atoms. The molecule has 0 radical (unpaired) electrons. The van der Waals surface area contributed by atoms with Gasteiger partial charge in [0.2, 0.25) is 5.65 Å². The minimum absolute atomic E-state index is 0.191. The molecule has 0 saturated heterocycles. The van der Waals surface area contributed by atoms with Crippen molar-refractivity contribution in [3.05, 3.63) is 83.4 Å². The molecule has 4 rings (SSSR count). The van der Waals surface area contributed by atoms with Crippen LogP contribution in [0.5, 0.6) is 0 Å². The van der Waals surface area contributed by atoms with Crippen LogP contribution in [0.15, 0.2) is 77.9 Å². The molecule has 0 spiro atoms. The van der Waals surface area contributed by atoms with E-state index in [1.807, 2.05) is 71.3 Å². The van der Waals surface area contributed by atoms with Crippen molar-refractivity contribution in [3.8, 4) is 22.5 Å². The lowest BCUT2D eigenvalue weighted by molar-refractivity contribution is 1.10. The van der Waals surface area contributed by atoms with E-state index in [4.69, 9.17) is 0 Å². The van der Waals surface area contributed by atoms with Crippen molar-refractivity contribution in [3.63, 3.8) is 0 Å². The lowest BCUT2D eigenvalue weighted by Crippen LogP contribution is -2.13. The van der Waals surface area contributed by atoms with Crippen LogP contribution in [0.2, 0.25) is 0 Å². The van der Waals surface area contributed by atoms with Crippen LogP contribution < -0.4 is 5.56 Å². The van der Waals surface area contributed by atoms with Crippen LogP contribution in [0.25, 0.3) is 28.2 Å². The van der Waals surface area contributed by atoms with E-state index in [0.29, 0.717) is 5.65 Å². The van der Waals surface area contributed by atoms with E-state index in [0.717, 1.165) is 22.5 Å². The quantitative estimate of drug-likeness (QED) is 0.614. The van der Waals surface area contributed by atoms with Crippen molar-refractivity contribution in [1.82, 2.24) is 14.4 Å². The summed E-state index contributed by atoms with van der Waals surface area (Å²) in [5, 5.41) is 0. The molecular formula is C18H13N3O. The normalized spacial score (nSPS) is 10.9. The van der Waals surface area contributed by atoms with Gasteiger partial charge in [-0.2, -0.15) is 0 Å². The second kappa shape index (κ2) is 5.00. The van der Waals surface area contributed by atoms with Gasteiger partial charge in [-0.05, 0) is 0 Å². The van der Waals surface area contributed by atoms with Crippen LogP contribution in [-0.2, 0) is 0 Å². The number of nitrogens with one attached hydrogen (secondary N) is 1. The largest absolute Gasteiger partial charge is 0.317 e. The molecule has 4 aromatic rings. The van der Waals surface area contributed by atoms with Crippen LogP contribution in [0.1, 0.15) is 0 Å². The molecule has 22 heavy (non-hydrogen) atoms. The molecule has 106 valence electrons. The number of fused-ring (bicyclic) bond motifs is 1. The molecule has 0 aliphatic rings. The monoisotopic (exact) mass is 287 g/mol. The van der Waals surface area contributed by atoms with E-state index < -0.39 is 0 Å². The van der Waals surface area contributed by atoms with Gasteiger partial charge in [0.05, 0.1) is 11.4 Å². The molecule has 2 aromatic carbocycles. The highest BCUT2D eigenvalue weighted by atomic mass is 16.1. The standard InChI is InChI=1S/C18H13N3O/c22-18-17-19-11-12-21(17)16(14-9-5-2-6-10-14)15(20-18)13-7-3-1-4-8-13/h1-12H,(H,20,22). The maximum atomic E-state index is 12.3. The first-order chi connectivity index (χ1) is 10.8. The lowest BCUT2D eigenvalue weighted by atomic mass is 10.0. The highest BCUT2D eigenvalue weighted by molar-refractivity contribution is 5.79. The number of nitrogens with zero attached hydrogens (tertiary/aromatic N) is 2. The fourth-order valence-electron chi connectivity index (χ4n) is 2.69. The van der Waals surface area contributed by atoms with Crippen LogP contribution in [0, 0.1) is 0 Å². The summed E-state index contributed by atoms with van der Waals surface area (Å²) in [6.07, 6.45) is 3.46. The molecule has 0 saturated carbocycles. The van der Waals surface area contributed by atoms with E-state index in [1.165, 1.54) is 0 Å². The van der Waals surface area contributed by atoms with Gasteiger partial charge in [-0.3, -0.25) is 9.20 Å². The van der Waals surface area contributed by atoms with Crippen molar-refractivity contribution < 1.29 is 0 Å². The second-order valence-corrected chi connectivity index (χ2v) is 5.03. The number of hydrogen-bond donors (Lipinski definition) is 1. The van der Waals surface area contributed by atoms with Gasteiger partial charge in [-0.1, -0.05) is 60.7 Å². The molecule has 4 heteroatoms. The summed E-state index contributed by atoms with van der Waals surface area (Å²) in [6.45, 7) is 0. The van der Waals surface area contributed by atoms with Crippen molar-refractivity contribution in [2.75, 3.05) is 0 Å². The number of aromatic amines is 1. The third kappa shape index (κ3) is 1.93. The Kier molecular flexibility index (Phi) is 2.86. The van der Waals surface area contributed by atoms with E-state index in [-0.39, 0.29) is 5.56 Å². The first-order valence-corrected chi connectivity index (χ1v) is 7.05. The molecule has 2 aromatic heterocycles. The van der Waals surface area contributed by atoms with Crippen molar-refractivity contribution >= 4 is 5.65 Å². The molecule has 0 aliphatic heterocycles.